The van der Waals surface area contributed by atoms with E-state index in [9.17, 15) is 5.11 Å². The van der Waals surface area contributed by atoms with Crippen LogP contribution in [0.5, 0.6) is 0 Å². The van der Waals surface area contributed by atoms with Gasteiger partial charge in [0.1, 0.15) is 0 Å². The molecular weight excluding hydrogens is 234 g/mol. The van der Waals surface area contributed by atoms with Crippen molar-refractivity contribution in [2.24, 2.45) is 17.1 Å². The van der Waals surface area contributed by atoms with Crippen molar-refractivity contribution in [3.05, 3.63) is 35.4 Å². The third kappa shape index (κ3) is 3.01. The largest absolute Gasteiger partial charge is 0.388 e. The molecule has 0 aliphatic heterocycles. The van der Waals surface area contributed by atoms with Crippen LogP contribution in [-0.4, -0.2) is 11.7 Å². The average molecular weight is 261 g/mol. The Morgan fingerprint density at radius 2 is 2.26 bits per heavy atom. The smallest absolute Gasteiger partial charge is 0.0858 e. The molecule has 0 aromatic heterocycles. The standard InChI is InChI=1S/C17H27NO/c1-3-14-7-5-9-17(11-14,12-18)16(19)15-8-4-6-13(2)10-15/h4,6,8,10,14,16,19H,3,5,7,9,11-12,18H2,1-2H3. The molecule has 1 saturated carbocycles. The zero-order valence-corrected chi connectivity index (χ0v) is 12.2. The number of hydrogen-bond acceptors (Lipinski definition) is 2. The summed E-state index contributed by atoms with van der Waals surface area (Å²) in [6.07, 6.45) is 5.37. The van der Waals surface area contributed by atoms with Gasteiger partial charge in [0.25, 0.3) is 0 Å². The highest BCUT2D eigenvalue weighted by Gasteiger charge is 2.41. The first kappa shape index (κ1) is 14.5. The normalized spacial score (nSPS) is 29.2. The van der Waals surface area contributed by atoms with Crippen LogP contribution >= 0.6 is 0 Å². The predicted molar refractivity (Wildman–Crippen MR) is 79.9 cm³/mol. The molecule has 2 heteroatoms. The molecule has 0 amide bonds. The van der Waals surface area contributed by atoms with E-state index in [0.29, 0.717) is 6.54 Å². The molecule has 106 valence electrons. The molecule has 3 unspecified atom stereocenters. The first-order valence-electron chi connectivity index (χ1n) is 7.56. The molecule has 1 aromatic rings. The van der Waals surface area contributed by atoms with Crippen molar-refractivity contribution >= 4 is 0 Å². The lowest BCUT2D eigenvalue weighted by Crippen LogP contribution is -2.41. The summed E-state index contributed by atoms with van der Waals surface area (Å²) in [6, 6.07) is 8.22. The quantitative estimate of drug-likeness (QED) is 0.870. The minimum atomic E-state index is -0.424. The van der Waals surface area contributed by atoms with Gasteiger partial charge in [0.15, 0.2) is 0 Å². The van der Waals surface area contributed by atoms with Crippen molar-refractivity contribution in [1.29, 1.82) is 0 Å². The number of rotatable bonds is 4. The number of hydrogen-bond donors (Lipinski definition) is 2. The molecule has 0 saturated heterocycles. The van der Waals surface area contributed by atoms with Gasteiger partial charge < -0.3 is 10.8 Å². The molecular formula is C17H27NO. The SMILES string of the molecule is CCC1CCCC(CN)(C(O)c2cccc(C)c2)C1. The van der Waals surface area contributed by atoms with Crippen molar-refractivity contribution < 1.29 is 5.11 Å². The summed E-state index contributed by atoms with van der Waals surface area (Å²) < 4.78 is 0. The third-order valence-electron chi connectivity index (χ3n) is 4.90. The van der Waals surface area contributed by atoms with Crippen LogP contribution in [0.3, 0.4) is 0 Å². The van der Waals surface area contributed by atoms with Crippen LogP contribution in [0.2, 0.25) is 0 Å². The second-order valence-electron chi connectivity index (χ2n) is 6.25. The van der Waals surface area contributed by atoms with Crippen molar-refractivity contribution in [2.75, 3.05) is 6.54 Å². The number of benzene rings is 1. The summed E-state index contributed by atoms with van der Waals surface area (Å²) in [6.45, 7) is 4.90. The van der Waals surface area contributed by atoms with E-state index in [2.05, 4.69) is 26.0 Å². The lowest BCUT2D eigenvalue weighted by molar-refractivity contribution is -0.0162. The zero-order valence-electron chi connectivity index (χ0n) is 12.2. The fourth-order valence-corrected chi connectivity index (χ4v) is 3.61. The maximum absolute atomic E-state index is 10.9. The Bertz CT molecular complexity index is 417. The summed E-state index contributed by atoms with van der Waals surface area (Å²) in [4.78, 5) is 0. The topological polar surface area (TPSA) is 46.2 Å². The molecule has 1 aliphatic rings. The molecule has 0 heterocycles. The molecule has 0 radical (unpaired) electrons. The van der Waals surface area contributed by atoms with Gasteiger partial charge in [0.2, 0.25) is 0 Å². The van der Waals surface area contributed by atoms with E-state index < -0.39 is 6.10 Å². The number of aliphatic hydroxyl groups is 1. The molecule has 1 aromatic carbocycles. The Balaban J connectivity index is 2.25. The van der Waals surface area contributed by atoms with E-state index in [1.165, 1.54) is 24.8 Å². The van der Waals surface area contributed by atoms with E-state index in [1.54, 1.807) is 0 Å². The Kier molecular flexibility index (Phi) is 4.64. The monoisotopic (exact) mass is 261 g/mol. The molecule has 3 atom stereocenters. The van der Waals surface area contributed by atoms with Crippen LogP contribution < -0.4 is 5.73 Å². The number of aliphatic hydroxyl groups excluding tert-OH is 1. The van der Waals surface area contributed by atoms with Crippen LogP contribution in [0.4, 0.5) is 0 Å². The van der Waals surface area contributed by atoms with E-state index in [1.807, 2.05) is 12.1 Å². The van der Waals surface area contributed by atoms with Crippen LogP contribution in [0.1, 0.15) is 56.3 Å². The first-order valence-corrected chi connectivity index (χ1v) is 7.56. The van der Waals surface area contributed by atoms with Crippen LogP contribution in [-0.2, 0) is 0 Å². The Morgan fingerprint density at radius 3 is 2.89 bits per heavy atom. The highest BCUT2D eigenvalue weighted by atomic mass is 16.3. The number of nitrogens with two attached hydrogens (primary N) is 1. The second-order valence-corrected chi connectivity index (χ2v) is 6.25. The summed E-state index contributed by atoms with van der Waals surface area (Å²) in [5.74, 6) is 0.719. The molecule has 0 bridgehead atoms. The molecule has 1 fully saturated rings. The predicted octanol–water partition coefficient (Wildman–Crippen LogP) is 3.57. The highest BCUT2D eigenvalue weighted by molar-refractivity contribution is 5.26. The summed E-state index contributed by atoms with van der Waals surface area (Å²) >= 11 is 0. The van der Waals surface area contributed by atoms with Gasteiger partial charge >= 0.3 is 0 Å². The Hall–Kier alpha value is -0.860. The zero-order chi connectivity index (χ0) is 13.9. The minimum absolute atomic E-state index is 0.118. The summed E-state index contributed by atoms with van der Waals surface area (Å²) in [5, 5.41) is 10.9. The van der Waals surface area contributed by atoms with Crippen molar-refractivity contribution in [1.82, 2.24) is 0 Å². The van der Waals surface area contributed by atoms with Gasteiger partial charge in [-0.1, -0.05) is 56.0 Å². The third-order valence-corrected chi connectivity index (χ3v) is 4.90. The van der Waals surface area contributed by atoms with Gasteiger partial charge in [0, 0.05) is 12.0 Å². The lowest BCUT2D eigenvalue weighted by Gasteiger charge is -2.43. The van der Waals surface area contributed by atoms with Gasteiger partial charge in [-0.2, -0.15) is 0 Å². The summed E-state index contributed by atoms with van der Waals surface area (Å²) in [7, 11) is 0. The van der Waals surface area contributed by atoms with Gasteiger partial charge in [-0.3, -0.25) is 0 Å². The molecule has 19 heavy (non-hydrogen) atoms. The fraction of sp³-hybridized carbons (Fsp3) is 0.647. The second kappa shape index (κ2) is 6.06. The van der Waals surface area contributed by atoms with Crippen molar-refractivity contribution in [3.63, 3.8) is 0 Å². The first-order chi connectivity index (χ1) is 9.11. The van der Waals surface area contributed by atoms with Crippen LogP contribution in [0, 0.1) is 18.3 Å². The van der Waals surface area contributed by atoms with E-state index in [-0.39, 0.29) is 5.41 Å². The molecule has 2 rings (SSSR count). The highest BCUT2D eigenvalue weighted by Crippen LogP contribution is 2.48. The van der Waals surface area contributed by atoms with Crippen LogP contribution in [0.15, 0.2) is 24.3 Å². The maximum atomic E-state index is 10.9. The van der Waals surface area contributed by atoms with Gasteiger partial charge in [-0.05, 0) is 31.2 Å². The average Bonchev–Trinajstić information content (AvgIpc) is 2.46. The van der Waals surface area contributed by atoms with Gasteiger partial charge in [-0.25, -0.2) is 0 Å². The van der Waals surface area contributed by atoms with Crippen LogP contribution in [0.25, 0.3) is 0 Å². The van der Waals surface area contributed by atoms with E-state index in [4.69, 9.17) is 5.73 Å². The Labute approximate surface area is 117 Å². The number of aryl methyl sites for hydroxylation is 1. The van der Waals surface area contributed by atoms with Gasteiger partial charge in [-0.15, -0.1) is 0 Å². The molecule has 1 aliphatic carbocycles. The lowest BCUT2D eigenvalue weighted by atomic mass is 9.64. The maximum Gasteiger partial charge on any atom is 0.0858 e. The van der Waals surface area contributed by atoms with Crippen molar-refractivity contribution in [2.45, 2.75) is 52.1 Å². The van der Waals surface area contributed by atoms with Crippen molar-refractivity contribution in [3.8, 4) is 0 Å². The summed E-state index contributed by atoms with van der Waals surface area (Å²) in [5.41, 5.74) is 8.18. The molecule has 3 N–H and O–H groups in total. The molecule has 0 spiro atoms. The Morgan fingerprint density at radius 1 is 1.47 bits per heavy atom. The minimum Gasteiger partial charge on any atom is -0.388 e. The molecule has 2 nitrogen and oxygen atoms in total. The van der Waals surface area contributed by atoms with E-state index in [0.717, 1.165) is 24.3 Å². The van der Waals surface area contributed by atoms with E-state index >= 15 is 0 Å². The fourth-order valence-electron chi connectivity index (χ4n) is 3.61. The van der Waals surface area contributed by atoms with Gasteiger partial charge in [0.05, 0.1) is 6.10 Å².